The van der Waals surface area contributed by atoms with Crippen LogP contribution in [0.1, 0.15) is 12.0 Å². The summed E-state index contributed by atoms with van der Waals surface area (Å²) in [5.74, 6) is -0.238. The van der Waals surface area contributed by atoms with Crippen LogP contribution < -0.4 is 5.32 Å². The Hall–Kier alpha value is -0.860. The normalized spacial score (nSPS) is 11.1. The molecule has 0 saturated heterocycles. The smallest absolute Gasteiger partial charge is 0.123 e. The molecule has 0 bridgehead atoms. The van der Waals surface area contributed by atoms with E-state index in [4.69, 9.17) is 11.6 Å². The van der Waals surface area contributed by atoms with E-state index in [9.17, 15) is 4.39 Å². The van der Waals surface area contributed by atoms with Gasteiger partial charge < -0.3 is 5.32 Å². The fraction of sp³-hybridized carbons (Fsp3) is 0.333. The second-order valence-corrected chi connectivity index (χ2v) is 3.71. The van der Waals surface area contributed by atoms with E-state index < -0.39 is 0 Å². The molecule has 15 heavy (non-hydrogen) atoms. The van der Waals surface area contributed by atoms with Gasteiger partial charge in [-0.15, -0.1) is 0 Å². The number of allylic oxidation sites excluding steroid dienone is 1. The Morgan fingerprint density at radius 2 is 2.20 bits per heavy atom. The van der Waals surface area contributed by atoms with Gasteiger partial charge in [0.1, 0.15) is 5.82 Å². The molecular formula is C12H15ClFN. The van der Waals surface area contributed by atoms with E-state index in [0.717, 1.165) is 18.5 Å². The minimum atomic E-state index is -0.238. The van der Waals surface area contributed by atoms with Gasteiger partial charge in [0.2, 0.25) is 0 Å². The Morgan fingerprint density at radius 1 is 1.40 bits per heavy atom. The summed E-state index contributed by atoms with van der Waals surface area (Å²) >= 11 is 5.92. The first-order chi connectivity index (χ1) is 7.24. The zero-order valence-electron chi connectivity index (χ0n) is 8.76. The maximum atomic E-state index is 12.9. The Balaban J connectivity index is 2.49. The minimum Gasteiger partial charge on any atom is -0.319 e. The molecule has 0 radical (unpaired) electrons. The van der Waals surface area contributed by atoms with Crippen LogP contribution in [0.5, 0.6) is 0 Å². The molecule has 0 saturated carbocycles. The monoisotopic (exact) mass is 227 g/mol. The van der Waals surface area contributed by atoms with E-state index in [2.05, 4.69) is 11.4 Å². The molecule has 0 spiro atoms. The third-order valence-corrected chi connectivity index (χ3v) is 2.44. The molecule has 1 aromatic rings. The Morgan fingerprint density at radius 3 is 2.93 bits per heavy atom. The van der Waals surface area contributed by atoms with Crippen molar-refractivity contribution in [2.45, 2.75) is 12.8 Å². The Bertz CT molecular complexity index is 336. The lowest BCUT2D eigenvalue weighted by molar-refractivity contribution is 0.626. The van der Waals surface area contributed by atoms with E-state index in [1.54, 1.807) is 6.07 Å². The molecule has 0 atom stereocenters. The van der Waals surface area contributed by atoms with Crippen LogP contribution in [0.2, 0.25) is 5.02 Å². The minimum absolute atomic E-state index is 0.238. The summed E-state index contributed by atoms with van der Waals surface area (Å²) in [6.07, 6.45) is 5.74. The van der Waals surface area contributed by atoms with Crippen molar-refractivity contribution in [1.29, 1.82) is 0 Å². The molecule has 0 aliphatic heterocycles. The van der Waals surface area contributed by atoms with Crippen LogP contribution in [0.4, 0.5) is 4.39 Å². The summed E-state index contributed by atoms with van der Waals surface area (Å²) in [5, 5.41) is 3.67. The Kier molecular flexibility index (Phi) is 5.37. The van der Waals surface area contributed by atoms with Gasteiger partial charge in [0.15, 0.2) is 0 Å². The van der Waals surface area contributed by atoms with Crippen molar-refractivity contribution in [1.82, 2.24) is 5.32 Å². The van der Waals surface area contributed by atoms with Crippen molar-refractivity contribution in [2.75, 3.05) is 13.6 Å². The first-order valence-corrected chi connectivity index (χ1v) is 5.35. The summed E-state index contributed by atoms with van der Waals surface area (Å²) in [6, 6.07) is 4.44. The zero-order chi connectivity index (χ0) is 11.1. The molecule has 0 heterocycles. The number of hydrogen-bond acceptors (Lipinski definition) is 1. The zero-order valence-corrected chi connectivity index (χ0v) is 9.52. The first-order valence-electron chi connectivity index (χ1n) is 4.97. The summed E-state index contributed by atoms with van der Waals surface area (Å²) in [7, 11) is 1.91. The molecule has 1 N–H and O–H groups in total. The van der Waals surface area contributed by atoms with Gasteiger partial charge in [0, 0.05) is 5.02 Å². The molecule has 1 nitrogen and oxygen atoms in total. The summed E-state index contributed by atoms with van der Waals surface area (Å²) in [4.78, 5) is 0. The van der Waals surface area contributed by atoms with Gasteiger partial charge in [-0.05, 0) is 50.2 Å². The number of hydrogen-bond donors (Lipinski definition) is 1. The molecule has 3 heteroatoms. The van der Waals surface area contributed by atoms with Crippen molar-refractivity contribution in [3.05, 3.63) is 46.8 Å². The highest BCUT2D eigenvalue weighted by molar-refractivity contribution is 6.31. The molecule has 0 unspecified atom stereocenters. The summed E-state index contributed by atoms with van der Waals surface area (Å²) in [5.41, 5.74) is 0.831. The van der Waals surface area contributed by atoms with Crippen molar-refractivity contribution >= 4 is 11.6 Å². The number of nitrogens with one attached hydrogen (secondary N) is 1. The second kappa shape index (κ2) is 6.59. The SMILES string of the molecule is CNCC/C=C/Cc1cc(F)ccc1Cl. The van der Waals surface area contributed by atoms with E-state index in [1.807, 2.05) is 13.1 Å². The average Bonchev–Trinajstić information content (AvgIpc) is 2.23. The lowest BCUT2D eigenvalue weighted by Gasteiger charge is -2.00. The van der Waals surface area contributed by atoms with E-state index in [0.29, 0.717) is 11.4 Å². The predicted octanol–water partition coefficient (Wildman–Crippen LogP) is 3.19. The van der Waals surface area contributed by atoms with E-state index in [1.165, 1.54) is 12.1 Å². The molecule has 82 valence electrons. The van der Waals surface area contributed by atoms with Gasteiger partial charge in [-0.2, -0.15) is 0 Å². The summed E-state index contributed by atoms with van der Waals surface area (Å²) < 4.78 is 12.9. The quantitative estimate of drug-likeness (QED) is 0.602. The van der Waals surface area contributed by atoms with E-state index in [-0.39, 0.29) is 5.82 Å². The van der Waals surface area contributed by atoms with Crippen molar-refractivity contribution in [2.24, 2.45) is 0 Å². The number of rotatable bonds is 5. The van der Waals surface area contributed by atoms with Crippen LogP contribution in [-0.2, 0) is 6.42 Å². The third kappa shape index (κ3) is 4.45. The van der Waals surface area contributed by atoms with Gasteiger partial charge >= 0.3 is 0 Å². The third-order valence-electron chi connectivity index (χ3n) is 2.07. The number of halogens is 2. The molecule has 1 aromatic carbocycles. The maximum absolute atomic E-state index is 12.9. The molecule has 0 aliphatic rings. The number of benzene rings is 1. The summed E-state index contributed by atoms with van der Waals surface area (Å²) in [6.45, 7) is 0.952. The fourth-order valence-corrected chi connectivity index (χ4v) is 1.45. The van der Waals surface area contributed by atoms with Crippen LogP contribution in [-0.4, -0.2) is 13.6 Å². The lowest BCUT2D eigenvalue weighted by Crippen LogP contribution is -2.05. The van der Waals surface area contributed by atoms with Crippen LogP contribution >= 0.6 is 11.6 Å². The predicted molar refractivity (Wildman–Crippen MR) is 62.8 cm³/mol. The van der Waals surface area contributed by atoms with Gasteiger partial charge in [0.25, 0.3) is 0 Å². The average molecular weight is 228 g/mol. The molecule has 1 rings (SSSR count). The van der Waals surface area contributed by atoms with Crippen LogP contribution in [0, 0.1) is 5.82 Å². The molecule has 0 fully saturated rings. The second-order valence-electron chi connectivity index (χ2n) is 3.30. The highest BCUT2D eigenvalue weighted by atomic mass is 35.5. The van der Waals surface area contributed by atoms with Gasteiger partial charge in [-0.3, -0.25) is 0 Å². The largest absolute Gasteiger partial charge is 0.319 e. The highest BCUT2D eigenvalue weighted by Gasteiger charge is 1.99. The standard InChI is InChI=1S/C12H15ClFN/c1-15-8-4-2-3-5-10-9-11(14)6-7-12(10)13/h2-3,6-7,9,15H,4-5,8H2,1H3/b3-2+. The fourth-order valence-electron chi connectivity index (χ4n) is 1.26. The lowest BCUT2D eigenvalue weighted by atomic mass is 10.1. The highest BCUT2D eigenvalue weighted by Crippen LogP contribution is 2.17. The van der Waals surface area contributed by atoms with Crippen LogP contribution in [0.25, 0.3) is 0 Å². The van der Waals surface area contributed by atoms with E-state index >= 15 is 0 Å². The van der Waals surface area contributed by atoms with Crippen molar-refractivity contribution in [3.63, 3.8) is 0 Å². The topological polar surface area (TPSA) is 12.0 Å². The molecule has 0 aliphatic carbocycles. The van der Waals surface area contributed by atoms with Crippen LogP contribution in [0.3, 0.4) is 0 Å². The van der Waals surface area contributed by atoms with Gasteiger partial charge in [0.05, 0.1) is 0 Å². The van der Waals surface area contributed by atoms with Gasteiger partial charge in [-0.1, -0.05) is 23.8 Å². The van der Waals surface area contributed by atoms with Gasteiger partial charge in [-0.25, -0.2) is 4.39 Å². The van der Waals surface area contributed by atoms with Crippen molar-refractivity contribution in [3.8, 4) is 0 Å². The Labute approximate surface area is 95.0 Å². The van der Waals surface area contributed by atoms with Crippen molar-refractivity contribution < 1.29 is 4.39 Å². The molecule has 0 amide bonds. The first kappa shape index (κ1) is 12.2. The maximum Gasteiger partial charge on any atom is 0.123 e. The molecule has 0 aromatic heterocycles. The van der Waals surface area contributed by atoms with Crippen LogP contribution in [0.15, 0.2) is 30.4 Å². The molecular weight excluding hydrogens is 213 g/mol.